The SMILES string of the molecule is CN(C(=O)NCCC(=O)N1CCOCC1)C(C)(C)C(=O)O. The van der Waals surface area contributed by atoms with Crippen molar-refractivity contribution < 1.29 is 24.2 Å². The van der Waals surface area contributed by atoms with Gasteiger partial charge in [0.15, 0.2) is 0 Å². The van der Waals surface area contributed by atoms with Crippen LogP contribution in [0.4, 0.5) is 4.79 Å². The molecule has 0 saturated carbocycles. The van der Waals surface area contributed by atoms with Gasteiger partial charge in [0.25, 0.3) is 0 Å². The maximum Gasteiger partial charge on any atom is 0.329 e. The zero-order chi connectivity index (χ0) is 16.0. The number of hydrogen-bond acceptors (Lipinski definition) is 4. The van der Waals surface area contributed by atoms with Crippen molar-refractivity contribution in [3.63, 3.8) is 0 Å². The van der Waals surface area contributed by atoms with Crippen LogP contribution >= 0.6 is 0 Å². The molecule has 1 aliphatic rings. The van der Waals surface area contributed by atoms with Crippen LogP contribution in [0.3, 0.4) is 0 Å². The number of carboxylic acids is 1. The van der Waals surface area contributed by atoms with E-state index in [1.807, 2.05) is 0 Å². The predicted molar refractivity (Wildman–Crippen MR) is 74.9 cm³/mol. The topological polar surface area (TPSA) is 99.2 Å². The van der Waals surface area contributed by atoms with Crippen molar-refractivity contribution in [3.05, 3.63) is 0 Å². The fraction of sp³-hybridized carbons (Fsp3) is 0.769. The first-order valence-electron chi connectivity index (χ1n) is 6.87. The van der Waals surface area contributed by atoms with Crippen molar-refractivity contribution >= 4 is 17.9 Å². The minimum Gasteiger partial charge on any atom is -0.480 e. The van der Waals surface area contributed by atoms with Crippen molar-refractivity contribution in [1.82, 2.24) is 15.1 Å². The minimum absolute atomic E-state index is 0.0428. The largest absolute Gasteiger partial charge is 0.480 e. The van der Waals surface area contributed by atoms with Gasteiger partial charge in [-0.2, -0.15) is 0 Å². The number of nitrogens with zero attached hydrogens (tertiary/aromatic N) is 2. The molecule has 0 aromatic heterocycles. The van der Waals surface area contributed by atoms with Crippen LogP contribution in [0.5, 0.6) is 0 Å². The summed E-state index contributed by atoms with van der Waals surface area (Å²) in [4.78, 5) is 37.6. The number of rotatable bonds is 5. The van der Waals surface area contributed by atoms with Gasteiger partial charge in [0, 0.05) is 33.1 Å². The Morgan fingerprint density at radius 3 is 2.38 bits per heavy atom. The number of ether oxygens (including phenoxy) is 1. The number of morpholine rings is 1. The lowest BCUT2D eigenvalue weighted by atomic mass is 10.1. The van der Waals surface area contributed by atoms with Gasteiger partial charge in [-0.25, -0.2) is 9.59 Å². The third kappa shape index (κ3) is 4.59. The number of nitrogens with one attached hydrogen (secondary N) is 1. The normalized spacial score (nSPS) is 15.5. The van der Waals surface area contributed by atoms with Gasteiger partial charge < -0.3 is 25.0 Å². The lowest BCUT2D eigenvalue weighted by Gasteiger charge is -2.31. The van der Waals surface area contributed by atoms with Gasteiger partial charge in [0.05, 0.1) is 13.2 Å². The molecule has 0 unspecified atom stereocenters. The Hall–Kier alpha value is -1.83. The molecule has 1 saturated heterocycles. The van der Waals surface area contributed by atoms with Crippen LogP contribution in [0.1, 0.15) is 20.3 Å². The van der Waals surface area contributed by atoms with Gasteiger partial charge in [0.2, 0.25) is 5.91 Å². The summed E-state index contributed by atoms with van der Waals surface area (Å²) in [6.45, 7) is 5.26. The molecular formula is C13H23N3O5. The molecular weight excluding hydrogens is 278 g/mol. The first-order valence-corrected chi connectivity index (χ1v) is 6.87. The van der Waals surface area contributed by atoms with Crippen LogP contribution in [0.25, 0.3) is 0 Å². The molecule has 3 amide bonds. The van der Waals surface area contributed by atoms with E-state index in [0.29, 0.717) is 26.3 Å². The van der Waals surface area contributed by atoms with Crippen LogP contribution in [0.15, 0.2) is 0 Å². The molecule has 2 N–H and O–H groups in total. The predicted octanol–water partition coefficient (Wildman–Crippen LogP) is -0.260. The number of carboxylic acid groups (broad SMARTS) is 1. The standard InChI is InChI=1S/C13H23N3O5/c1-13(2,11(18)19)15(3)12(20)14-5-4-10(17)16-6-8-21-9-7-16/h4-9H2,1-3H3,(H,14,20)(H,18,19). The second-order valence-electron chi connectivity index (χ2n) is 5.40. The first-order chi connectivity index (χ1) is 9.76. The van der Waals surface area contributed by atoms with E-state index >= 15 is 0 Å². The zero-order valence-electron chi connectivity index (χ0n) is 12.7. The molecule has 1 aliphatic heterocycles. The summed E-state index contributed by atoms with van der Waals surface area (Å²) >= 11 is 0. The lowest BCUT2D eigenvalue weighted by Crippen LogP contribution is -2.54. The monoisotopic (exact) mass is 301 g/mol. The summed E-state index contributed by atoms with van der Waals surface area (Å²) in [6.07, 6.45) is 0.188. The van der Waals surface area contributed by atoms with Gasteiger partial charge in [0.1, 0.15) is 5.54 Å². The fourth-order valence-electron chi connectivity index (χ4n) is 1.76. The summed E-state index contributed by atoms with van der Waals surface area (Å²) in [5, 5.41) is 11.6. The highest BCUT2D eigenvalue weighted by Crippen LogP contribution is 2.12. The molecule has 0 aromatic carbocycles. The van der Waals surface area contributed by atoms with Gasteiger partial charge in [-0.15, -0.1) is 0 Å². The van der Waals surface area contributed by atoms with E-state index in [9.17, 15) is 14.4 Å². The van der Waals surface area contributed by atoms with Crippen LogP contribution < -0.4 is 5.32 Å². The quantitative estimate of drug-likeness (QED) is 0.729. The van der Waals surface area contributed by atoms with Crippen molar-refractivity contribution in [1.29, 1.82) is 0 Å². The highest BCUT2D eigenvalue weighted by atomic mass is 16.5. The number of carbonyl (C=O) groups excluding carboxylic acids is 2. The van der Waals surface area contributed by atoms with Gasteiger partial charge in [-0.1, -0.05) is 0 Å². The van der Waals surface area contributed by atoms with E-state index in [0.717, 1.165) is 4.90 Å². The van der Waals surface area contributed by atoms with Crippen LogP contribution in [-0.2, 0) is 14.3 Å². The Labute approximate surface area is 124 Å². The summed E-state index contributed by atoms with van der Waals surface area (Å²) in [7, 11) is 1.41. The molecule has 8 nitrogen and oxygen atoms in total. The summed E-state index contributed by atoms with van der Waals surface area (Å²) < 4.78 is 5.16. The highest BCUT2D eigenvalue weighted by molar-refractivity contribution is 5.85. The Morgan fingerprint density at radius 2 is 1.86 bits per heavy atom. The number of hydrogen-bond donors (Lipinski definition) is 2. The maximum absolute atomic E-state index is 11.9. The summed E-state index contributed by atoms with van der Waals surface area (Å²) in [5.41, 5.74) is -1.31. The van der Waals surface area contributed by atoms with E-state index in [1.165, 1.54) is 20.9 Å². The Morgan fingerprint density at radius 1 is 1.29 bits per heavy atom. The van der Waals surface area contributed by atoms with Crippen molar-refractivity contribution in [2.75, 3.05) is 39.9 Å². The third-order valence-corrected chi connectivity index (χ3v) is 3.65. The number of carbonyl (C=O) groups is 3. The van der Waals surface area contributed by atoms with Crippen LogP contribution in [-0.4, -0.2) is 78.2 Å². The molecule has 0 aliphatic carbocycles. The molecule has 1 fully saturated rings. The van der Waals surface area contributed by atoms with Crippen molar-refractivity contribution in [2.45, 2.75) is 25.8 Å². The Balaban J connectivity index is 2.36. The molecule has 0 aromatic rings. The first kappa shape index (κ1) is 17.2. The highest BCUT2D eigenvalue weighted by Gasteiger charge is 2.35. The molecule has 21 heavy (non-hydrogen) atoms. The number of aliphatic carboxylic acids is 1. The van der Waals surface area contributed by atoms with Gasteiger partial charge in [-0.05, 0) is 13.8 Å². The van der Waals surface area contributed by atoms with Crippen molar-refractivity contribution in [3.8, 4) is 0 Å². The summed E-state index contributed by atoms with van der Waals surface area (Å²) in [5.74, 6) is -1.14. The molecule has 0 spiro atoms. The lowest BCUT2D eigenvalue weighted by molar-refractivity contribution is -0.147. The number of likely N-dealkylation sites (N-methyl/N-ethyl adjacent to an activating group) is 1. The average molecular weight is 301 g/mol. The van der Waals surface area contributed by atoms with Gasteiger partial charge >= 0.3 is 12.0 Å². The molecule has 1 rings (SSSR count). The molecule has 0 radical (unpaired) electrons. The second kappa shape index (κ2) is 7.26. The Kier molecular flexibility index (Phi) is 5.95. The smallest absolute Gasteiger partial charge is 0.329 e. The third-order valence-electron chi connectivity index (χ3n) is 3.65. The fourth-order valence-corrected chi connectivity index (χ4v) is 1.76. The molecule has 8 heteroatoms. The Bertz CT molecular complexity index is 405. The average Bonchev–Trinajstić information content (AvgIpc) is 2.46. The summed E-state index contributed by atoms with van der Waals surface area (Å²) in [6, 6.07) is -0.517. The number of amides is 3. The van der Waals surface area contributed by atoms with E-state index in [-0.39, 0.29) is 18.9 Å². The van der Waals surface area contributed by atoms with E-state index in [1.54, 1.807) is 4.90 Å². The van der Waals surface area contributed by atoms with Crippen molar-refractivity contribution in [2.24, 2.45) is 0 Å². The van der Waals surface area contributed by atoms with Crippen LogP contribution in [0.2, 0.25) is 0 Å². The van der Waals surface area contributed by atoms with E-state index in [2.05, 4.69) is 5.32 Å². The maximum atomic E-state index is 11.9. The molecule has 0 atom stereocenters. The molecule has 0 bridgehead atoms. The van der Waals surface area contributed by atoms with E-state index < -0.39 is 17.5 Å². The van der Waals surface area contributed by atoms with Crippen LogP contribution in [0, 0.1) is 0 Å². The molecule has 120 valence electrons. The van der Waals surface area contributed by atoms with Gasteiger partial charge in [-0.3, -0.25) is 4.79 Å². The zero-order valence-corrected chi connectivity index (χ0v) is 12.7. The minimum atomic E-state index is -1.31. The number of urea groups is 1. The second-order valence-corrected chi connectivity index (χ2v) is 5.40. The molecule has 1 heterocycles. The van der Waals surface area contributed by atoms with E-state index in [4.69, 9.17) is 9.84 Å².